The number of phenolic OH excluding ortho intramolecular Hbond substituents is 2. The van der Waals surface area contributed by atoms with Crippen LogP contribution in [-0.2, 0) is 20.7 Å². The van der Waals surface area contributed by atoms with E-state index in [-0.39, 0.29) is 24.7 Å². The Balaban J connectivity index is 1.74. The fourth-order valence-corrected chi connectivity index (χ4v) is 3.00. The minimum Gasteiger partial charge on any atom is -0.508 e. The lowest BCUT2D eigenvalue weighted by molar-refractivity contribution is 0.00578. The van der Waals surface area contributed by atoms with E-state index in [9.17, 15) is 15.0 Å². The van der Waals surface area contributed by atoms with Gasteiger partial charge in [-0.2, -0.15) is 0 Å². The number of amides is 1. The van der Waals surface area contributed by atoms with Gasteiger partial charge in [-0.25, -0.2) is 4.79 Å². The highest BCUT2D eigenvalue weighted by molar-refractivity contribution is 6.56. The molecule has 2 aromatic carbocycles. The predicted octanol–water partition coefficient (Wildman–Crippen LogP) is 4.04. The predicted molar refractivity (Wildman–Crippen MR) is 118 cm³/mol. The Morgan fingerprint density at radius 2 is 1.71 bits per heavy atom. The molecule has 0 radical (unpaired) electrons. The van der Waals surface area contributed by atoms with E-state index in [0.29, 0.717) is 11.0 Å². The minimum atomic E-state index is -0.729. The highest BCUT2D eigenvalue weighted by Gasteiger charge is 2.52. The van der Waals surface area contributed by atoms with Gasteiger partial charge in [0, 0.05) is 18.2 Å². The molecule has 1 aliphatic heterocycles. The summed E-state index contributed by atoms with van der Waals surface area (Å²) in [6, 6.07) is 13.7. The molecule has 2 aromatic rings. The number of rotatable bonds is 6. The first-order valence-corrected chi connectivity index (χ1v) is 10.1. The number of aromatic hydroxyl groups is 2. The molecule has 1 amide bonds. The molecule has 1 heterocycles. The number of alkyl carbamates (subject to hydrolysis) is 1. The number of phenols is 2. The van der Waals surface area contributed by atoms with Crippen LogP contribution in [0.25, 0.3) is 6.08 Å². The van der Waals surface area contributed by atoms with E-state index in [4.69, 9.17) is 14.0 Å². The molecule has 164 valence electrons. The summed E-state index contributed by atoms with van der Waals surface area (Å²) in [5, 5.41) is 22.4. The van der Waals surface area contributed by atoms with E-state index in [2.05, 4.69) is 5.32 Å². The Morgan fingerprint density at radius 3 is 2.32 bits per heavy atom. The molecule has 1 fully saturated rings. The molecule has 0 bridgehead atoms. The van der Waals surface area contributed by atoms with Crippen molar-refractivity contribution in [2.45, 2.75) is 45.5 Å². The second kappa shape index (κ2) is 9.04. The summed E-state index contributed by atoms with van der Waals surface area (Å²) in [7, 11) is -0.729. The highest BCUT2D eigenvalue weighted by Crippen LogP contribution is 2.39. The third-order valence-corrected chi connectivity index (χ3v) is 5.56. The van der Waals surface area contributed by atoms with Gasteiger partial charge in [-0.05, 0) is 50.9 Å². The number of carbonyl (C=O) groups excluding carboxylic acids is 1. The first-order chi connectivity index (χ1) is 14.6. The molecule has 31 heavy (non-hydrogen) atoms. The van der Waals surface area contributed by atoms with Crippen molar-refractivity contribution >= 4 is 19.3 Å². The lowest BCUT2D eigenvalue weighted by atomic mass is 9.77. The van der Waals surface area contributed by atoms with Crippen molar-refractivity contribution in [1.82, 2.24) is 5.32 Å². The maximum absolute atomic E-state index is 12.2. The minimum absolute atomic E-state index is 0.0468. The average Bonchev–Trinajstić information content (AvgIpc) is 2.93. The Kier molecular flexibility index (Phi) is 6.62. The fraction of sp³-hybridized carbons (Fsp3) is 0.348. The van der Waals surface area contributed by atoms with Gasteiger partial charge in [0.15, 0.2) is 0 Å². The van der Waals surface area contributed by atoms with E-state index in [1.54, 1.807) is 12.1 Å². The molecule has 8 heteroatoms. The Hall–Kier alpha value is -2.97. The molecule has 0 spiro atoms. The molecule has 0 aromatic heterocycles. The summed E-state index contributed by atoms with van der Waals surface area (Å²) >= 11 is 0. The molecule has 0 aliphatic carbocycles. The Morgan fingerprint density at radius 1 is 1.06 bits per heavy atom. The van der Waals surface area contributed by atoms with Crippen molar-refractivity contribution in [3.05, 3.63) is 65.1 Å². The standard InChI is InChI=1S/C23H28BNO6/c1-22(2)23(3,4)31-24(30-22)18(12-17-10-11-19(26)13-20(17)27)14-25-21(28)29-15-16-8-6-5-7-9-16/h5-13,26-27H,14-15H2,1-4H3,(H,25,28). The van der Waals surface area contributed by atoms with E-state index < -0.39 is 24.4 Å². The number of nitrogens with one attached hydrogen (secondary N) is 1. The van der Waals surface area contributed by atoms with Crippen LogP contribution in [0.1, 0.15) is 38.8 Å². The summed E-state index contributed by atoms with van der Waals surface area (Å²) in [6.45, 7) is 7.98. The number of hydrogen-bond donors (Lipinski definition) is 3. The Labute approximate surface area is 182 Å². The first-order valence-electron chi connectivity index (χ1n) is 10.1. The van der Waals surface area contributed by atoms with E-state index >= 15 is 0 Å². The maximum Gasteiger partial charge on any atom is 0.492 e. The summed E-state index contributed by atoms with van der Waals surface area (Å²) in [6.07, 6.45) is 1.09. The zero-order chi connectivity index (χ0) is 22.6. The van der Waals surface area contributed by atoms with Gasteiger partial charge in [-0.15, -0.1) is 0 Å². The monoisotopic (exact) mass is 425 g/mol. The summed E-state index contributed by atoms with van der Waals surface area (Å²) in [4.78, 5) is 12.2. The zero-order valence-electron chi connectivity index (χ0n) is 18.2. The van der Waals surface area contributed by atoms with Crippen LogP contribution in [-0.4, -0.2) is 41.2 Å². The van der Waals surface area contributed by atoms with Gasteiger partial charge in [0.1, 0.15) is 18.1 Å². The van der Waals surface area contributed by atoms with E-state index in [0.717, 1.165) is 5.56 Å². The Bertz CT molecular complexity index is 942. The van der Waals surface area contributed by atoms with Crippen molar-refractivity contribution in [2.24, 2.45) is 0 Å². The van der Waals surface area contributed by atoms with Crippen molar-refractivity contribution in [3.63, 3.8) is 0 Å². The van der Waals surface area contributed by atoms with Gasteiger partial charge in [-0.3, -0.25) is 0 Å². The number of ether oxygens (including phenoxy) is 1. The van der Waals surface area contributed by atoms with Crippen LogP contribution in [0.3, 0.4) is 0 Å². The van der Waals surface area contributed by atoms with Crippen molar-refractivity contribution < 1.29 is 29.1 Å². The molecule has 0 atom stereocenters. The van der Waals surface area contributed by atoms with Gasteiger partial charge in [0.25, 0.3) is 0 Å². The highest BCUT2D eigenvalue weighted by atomic mass is 16.7. The van der Waals surface area contributed by atoms with Crippen molar-refractivity contribution in [3.8, 4) is 11.5 Å². The van der Waals surface area contributed by atoms with Gasteiger partial charge in [-0.1, -0.05) is 36.4 Å². The number of carbonyl (C=O) groups is 1. The van der Waals surface area contributed by atoms with Crippen LogP contribution < -0.4 is 5.32 Å². The third kappa shape index (κ3) is 5.59. The summed E-state index contributed by atoms with van der Waals surface area (Å²) < 4.78 is 17.5. The topological polar surface area (TPSA) is 97.2 Å². The molecule has 3 rings (SSSR count). The second-order valence-electron chi connectivity index (χ2n) is 8.47. The molecule has 7 nitrogen and oxygen atoms in total. The molecule has 1 aliphatic rings. The van der Waals surface area contributed by atoms with Crippen LogP contribution in [0.2, 0.25) is 0 Å². The van der Waals surface area contributed by atoms with Crippen molar-refractivity contribution in [1.29, 1.82) is 0 Å². The first kappa shape index (κ1) is 22.7. The third-order valence-electron chi connectivity index (χ3n) is 5.56. The normalized spacial score (nSPS) is 17.4. The SMILES string of the molecule is CC1(C)OB(C(=Cc2ccc(O)cc2O)CNC(=O)OCc2ccccc2)OC1(C)C. The number of benzene rings is 2. The lowest BCUT2D eigenvalue weighted by Crippen LogP contribution is -2.41. The van der Waals surface area contributed by atoms with E-state index in [1.807, 2.05) is 58.0 Å². The summed E-state index contributed by atoms with van der Waals surface area (Å²) in [5.74, 6) is -0.143. The average molecular weight is 425 g/mol. The number of hydrogen-bond acceptors (Lipinski definition) is 6. The second-order valence-corrected chi connectivity index (χ2v) is 8.47. The zero-order valence-corrected chi connectivity index (χ0v) is 18.2. The largest absolute Gasteiger partial charge is 0.508 e. The molecule has 0 unspecified atom stereocenters. The van der Waals surface area contributed by atoms with Gasteiger partial charge in [0.05, 0.1) is 11.2 Å². The van der Waals surface area contributed by atoms with E-state index in [1.165, 1.54) is 12.1 Å². The molecule has 3 N–H and O–H groups in total. The smallest absolute Gasteiger partial charge is 0.492 e. The fourth-order valence-electron chi connectivity index (χ4n) is 3.00. The molecule has 0 saturated carbocycles. The molecular formula is C23H28BNO6. The molecule has 1 saturated heterocycles. The van der Waals surface area contributed by atoms with Gasteiger partial charge in [0.2, 0.25) is 0 Å². The van der Waals surface area contributed by atoms with Crippen LogP contribution in [0, 0.1) is 0 Å². The van der Waals surface area contributed by atoms with Crippen LogP contribution in [0.5, 0.6) is 11.5 Å². The lowest BCUT2D eigenvalue weighted by Gasteiger charge is -2.32. The quantitative estimate of drug-likeness (QED) is 0.605. The van der Waals surface area contributed by atoms with Crippen molar-refractivity contribution in [2.75, 3.05) is 6.54 Å². The van der Waals surface area contributed by atoms with Gasteiger partial charge < -0.3 is 29.6 Å². The van der Waals surface area contributed by atoms with Crippen LogP contribution in [0.4, 0.5) is 4.79 Å². The molecular weight excluding hydrogens is 397 g/mol. The summed E-state index contributed by atoms with van der Waals surface area (Å²) in [5.41, 5.74) is 0.801. The van der Waals surface area contributed by atoms with Crippen LogP contribution >= 0.6 is 0 Å². The maximum atomic E-state index is 12.2. The van der Waals surface area contributed by atoms with Gasteiger partial charge >= 0.3 is 13.2 Å². The van der Waals surface area contributed by atoms with Crippen LogP contribution in [0.15, 0.2) is 54.0 Å².